The Kier molecular flexibility index (Phi) is 8.61. The molecule has 0 heterocycles. The van der Waals surface area contributed by atoms with Crippen molar-refractivity contribution in [1.29, 1.82) is 0 Å². The van der Waals surface area contributed by atoms with E-state index in [4.69, 9.17) is 4.74 Å². The van der Waals surface area contributed by atoms with Gasteiger partial charge in [0.2, 0.25) is 0 Å². The SMILES string of the molecule is C=C/C(=C\OC(C)=O)OC(=O)CCCCCC(C)(C)C. The second-order valence-corrected chi connectivity index (χ2v) is 5.93. The summed E-state index contributed by atoms with van der Waals surface area (Å²) in [6, 6.07) is 0. The molecule has 0 radical (unpaired) electrons. The average molecular weight is 282 g/mol. The van der Waals surface area contributed by atoms with Crippen LogP contribution in [0.1, 0.15) is 59.8 Å². The van der Waals surface area contributed by atoms with Gasteiger partial charge in [-0.3, -0.25) is 9.59 Å². The van der Waals surface area contributed by atoms with E-state index in [1.54, 1.807) is 0 Å². The summed E-state index contributed by atoms with van der Waals surface area (Å²) >= 11 is 0. The third-order valence-electron chi connectivity index (χ3n) is 2.58. The van der Waals surface area contributed by atoms with Gasteiger partial charge in [-0.1, -0.05) is 40.2 Å². The van der Waals surface area contributed by atoms with Crippen molar-refractivity contribution < 1.29 is 19.1 Å². The van der Waals surface area contributed by atoms with Gasteiger partial charge in [0.1, 0.15) is 6.26 Å². The largest absolute Gasteiger partial charge is 0.431 e. The first kappa shape index (κ1) is 18.4. The summed E-state index contributed by atoms with van der Waals surface area (Å²) in [6.45, 7) is 11.4. The topological polar surface area (TPSA) is 52.6 Å². The Balaban J connectivity index is 3.89. The molecule has 0 fully saturated rings. The molecule has 0 aromatic heterocycles. The summed E-state index contributed by atoms with van der Waals surface area (Å²) in [5.74, 6) is -0.651. The summed E-state index contributed by atoms with van der Waals surface area (Å²) in [4.78, 5) is 22.2. The second-order valence-electron chi connectivity index (χ2n) is 5.93. The van der Waals surface area contributed by atoms with Crippen molar-refractivity contribution >= 4 is 11.9 Å². The minimum absolute atomic E-state index is 0.153. The van der Waals surface area contributed by atoms with Gasteiger partial charge >= 0.3 is 11.9 Å². The number of ether oxygens (including phenoxy) is 2. The van der Waals surface area contributed by atoms with Crippen LogP contribution in [-0.2, 0) is 19.1 Å². The number of hydrogen-bond donors (Lipinski definition) is 0. The van der Waals surface area contributed by atoms with Crippen LogP contribution in [0.4, 0.5) is 0 Å². The van der Waals surface area contributed by atoms with E-state index in [1.165, 1.54) is 13.0 Å². The Labute approximate surface area is 121 Å². The predicted molar refractivity (Wildman–Crippen MR) is 78.7 cm³/mol. The Bertz CT molecular complexity index is 361. The van der Waals surface area contributed by atoms with Gasteiger partial charge in [0.15, 0.2) is 5.76 Å². The number of allylic oxidation sites excluding steroid dienone is 1. The second kappa shape index (κ2) is 9.34. The summed E-state index contributed by atoms with van der Waals surface area (Å²) in [7, 11) is 0. The summed E-state index contributed by atoms with van der Waals surface area (Å²) in [6.07, 6.45) is 6.83. The molecule has 0 aliphatic heterocycles. The highest BCUT2D eigenvalue weighted by molar-refractivity contribution is 5.71. The smallest absolute Gasteiger partial charge is 0.311 e. The maximum absolute atomic E-state index is 11.6. The highest BCUT2D eigenvalue weighted by atomic mass is 16.6. The zero-order valence-electron chi connectivity index (χ0n) is 13.0. The molecule has 0 saturated heterocycles. The van der Waals surface area contributed by atoms with Crippen LogP contribution < -0.4 is 0 Å². The van der Waals surface area contributed by atoms with E-state index in [0.717, 1.165) is 31.9 Å². The lowest BCUT2D eigenvalue weighted by molar-refractivity contribution is -0.141. The summed E-state index contributed by atoms with van der Waals surface area (Å²) < 4.78 is 9.65. The highest BCUT2D eigenvalue weighted by Gasteiger charge is 2.10. The van der Waals surface area contributed by atoms with Crippen LogP contribution in [0.2, 0.25) is 0 Å². The third kappa shape index (κ3) is 11.5. The molecule has 0 saturated carbocycles. The van der Waals surface area contributed by atoms with Gasteiger partial charge in [0.25, 0.3) is 0 Å². The van der Waals surface area contributed by atoms with Crippen LogP contribution >= 0.6 is 0 Å². The molecule has 0 aromatic rings. The number of unbranched alkanes of at least 4 members (excludes halogenated alkanes) is 2. The average Bonchev–Trinajstić information content (AvgIpc) is 2.32. The minimum Gasteiger partial charge on any atom is -0.431 e. The molecule has 0 rings (SSSR count). The quantitative estimate of drug-likeness (QED) is 0.291. The van der Waals surface area contributed by atoms with E-state index < -0.39 is 5.97 Å². The van der Waals surface area contributed by atoms with Crippen LogP contribution in [0, 0.1) is 5.41 Å². The molecule has 0 aromatic carbocycles. The van der Waals surface area contributed by atoms with Crippen molar-refractivity contribution in [3.05, 3.63) is 24.7 Å². The maximum Gasteiger partial charge on any atom is 0.311 e. The molecule has 0 amide bonds. The lowest BCUT2D eigenvalue weighted by atomic mass is 9.89. The first-order chi connectivity index (χ1) is 9.24. The zero-order chi connectivity index (χ0) is 15.6. The van der Waals surface area contributed by atoms with E-state index in [0.29, 0.717) is 11.8 Å². The van der Waals surface area contributed by atoms with Crippen molar-refractivity contribution in [3.8, 4) is 0 Å². The number of carbonyl (C=O) groups excluding carboxylic acids is 2. The fourth-order valence-corrected chi connectivity index (χ4v) is 1.54. The zero-order valence-corrected chi connectivity index (χ0v) is 13.0. The summed E-state index contributed by atoms with van der Waals surface area (Å²) in [5.41, 5.74) is 0.337. The molecule has 0 unspecified atom stereocenters. The molecule has 0 aliphatic carbocycles. The molecule has 0 N–H and O–H groups in total. The monoisotopic (exact) mass is 282 g/mol. The number of rotatable bonds is 8. The number of hydrogen-bond acceptors (Lipinski definition) is 4. The van der Waals surface area contributed by atoms with E-state index >= 15 is 0 Å². The molecule has 20 heavy (non-hydrogen) atoms. The first-order valence-electron chi connectivity index (χ1n) is 6.95. The molecule has 0 spiro atoms. The standard InChI is InChI=1S/C16H26O4/c1-6-14(12-19-13(2)17)20-15(18)10-8-7-9-11-16(3,4)5/h6,12H,1,7-11H2,2-5H3/b14-12+. The lowest BCUT2D eigenvalue weighted by Gasteiger charge is -2.17. The normalized spacial score (nSPS) is 11.9. The van der Waals surface area contributed by atoms with Crippen LogP contribution in [0.15, 0.2) is 24.7 Å². The van der Waals surface area contributed by atoms with Crippen molar-refractivity contribution in [1.82, 2.24) is 0 Å². The van der Waals surface area contributed by atoms with E-state index in [1.807, 2.05) is 0 Å². The van der Waals surface area contributed by atoms with Crippen LogP contribution in [0.5, 0.6) is 0 Å². The Hall–Kier alpha value is -1.58. The van der Waals surface area contributed by atoms with E-state index in [2.05, 4.69) is 32.1 Å². The molecule has 4 nitrogen and oxygen atoms in total. The Morgan fingerprint density at radius 2 is 1.80 bits per heavy atom. The van der Waals surface area contributed by atoms with Gasteiger partial charge in [0.05, 0.1) is 0 Å². The first-order valence-corrected chi connectivity index (χ1v) is 6.95. The molecular formula is C16H26O4. The van der Waals surface area contributed by atoms with E-state index in [-0.39, 0.29) is 11.7 Å². The van der Waals surface area contributed by atoms with Crippen molar-refractivity contribution in [2.75, 3.05) is 0 Å². The highest BCUT2D eigenvalue weighted by Crippen LogP contribution is 2.22. The van der Waals surface area contributed by atoms with Gasteiger partial charge in [-0.2, -0.15) is 0 Å². The lowest BCUT2D eigenvalue weighted by Crippen LogP contribution is -2.06. The number of carbonyl (C=O) groups is 2. The molecule has 4 heteroatoms. The summed E-state index contributed by atoms with van der Waals surface area (Å²) in [5, 5.41) is 0. The minimum atomic E-state index is -0.470. The van der Waals surface area contributed by atoms with Crippen LogP contribution in [0.25, 0.3) is 0 Å². The van der Waals surface area contributed by atoms with Gasteiger partial charge in [-0.25, -0.2) is 0 Å². The molecular weight excluding hydrogens is 256 g/mol. The van der Waals surface area contributed by atoms with Gasteiger partial charge in [-0.15, -0.1) is 0 Å². The van der Waals surface area contributed by atoms with Crippen LogP contribution in [0.3, 0.4) is 0 Å². The van der Waals surface area contributed by atoms with E-state index in [9.17, 15) is 9.59 Å². The van der Waals surface area contributed by atoms with Gasteiger partial charge < -0.3 is 9.47 Å². The van der Waals surface area contributed by atoms with Crippen molar-refractivity contribution in [3.63, 3.8) is 0 Å². The van der Waals surface area contributed by atoms with Crippen molar-refractivity contribution in [2.24, 2.45) is 5.41 Å². The van der Waals surface area contributed by atoms with Crippen LogP contribution in [-0.4, -0.2) is 11.9 Å². The molecule has 0 bridgehead atoms. The van der Waals surface area contributed by atoms with Crippen molar-refractivity contribution in [2.45, 2.75) is 59.8 Å². The molecule has 0 atom stereocenters. The molecule has 0 aliphatic rings. The maximum atomic E-state index is 11.6. The van der Waals surface area contributed by atoms with Gasteiger partial charge in [0, 0.05) is 13.3 Å². The molecule has 114 valence electrons. The third-order valence-corrected chi connectivity index (χ3v) is 2.58. The fourth-order valence-electron chi connectivity index (χ4n) is 1.54. The fraction of sp³-hybridized carbons (Fsp3) is 0.625. The number of esters is 2. The Morgan fingerprint density at radius 3 is 2.30 bits per heavy atom. The van der Waals surface area contributed by atoms with Gasteiger partial charge in [-0.05, 0) is 24.3 Å². The predicted octanol–water partition coefficient (Wildman–Crippen LogP) is 4.12. The Morgan fingerprint density at radius 1 is 1.15 bits per heavy atom.